The summed E-state index contributed by atoms with van der Waals surface area (Å²) in [7, 11) is -3.25. The molecule has 0 atom stereocenters. The topological polar surface area (TPSA) is 60.2 Å². The summed E-state index contributed by atoms with van der Waals surface area (Å²) in [6.07, 6.45) is 2.60. The van der Waals surface area contributed by atoms with Crippen LogP contribution in [0.4, 0.5) is 5.69 Å². The van der Waals surface area contributed by atoms with Crippen LogP contribution in [0, 0.1) is 5.21 Å². The van der Waals surface area contributed by atoms with Crippen molar-refractivity contribution in [2.45, 2.75) is 14.7 Å². The van der Waals surface area contributed by atoms with Crippen molar-refractivity contribution >= 4 is 33.5 Å². The highest BCUT2D eigenvalue weighted by atomic mass is 32.2. The summed E-state index contributed by atoms with van der Waals surface area (Å²) >= 11 is 1.52. The molecule has 4 nitrogen and oxygen atoms in total. The van der Waals surface area contributed by atoms with Gasteiger partial charge in [-0.2, -0.15) is 4.74 Å². The van der Waals surface area contributed by atoms with Crippen molar-refractivity contribution in [2.75, 3.05) is 6.26 Å². The highest BCUT2D eigenvalue weighted by Gasteiger charge is 2.12. The summed E-state index contributed by atoms with van der Waals surface area (Å²) in [4.78, 5) is 2.12. The number of sulfone groups is 1. The molecule has 0 radical (unpaired) electrons. The van der Waals surface area contributed by atoms with Crippen LogP contribution in [0.3, 0.4) is 0 Å². The average molecular weight is 383 g/mol. The average Bonchev–Trinajstić information content (AvgIpc) is 2.63. The maximum atomic E-state index is 12.6. The molecule has 3 aromatic rings. The van der Waals surface area contributed by atoms with Crippen molar-refractivity contribution in [2.24, 2.45) is 0 Å². The second-order valence-electron chi connectivity index (χ2n) is 5.68. The van der Waals surface area contributed by atoms with Crippen LogP contribution in [0.1, 0.15) is 5.56 Å². The van der Waals surface area contributed by atoms with E-state index in [0.29, 0.717) is 11.3 Å². The van der Waals surface area contributed by atoms with Gasteiger partial charge >= 0.3 is 0 Å². The Hall–Kier alpha value is -2.57. The van der Waals surface area contributed by atoms with Crippen LogP contribution in [0.5, 0.6) is 0 Å². The molecule has 0 aliphatic carbocycles. The van der Waals surface area contributed by atoms with Crippen LogP contribution in [0.25, 0.3) is 0 Å². The van der Waals surface area contributed by atoms with Gasteiger partial charge in [0.05, 0.1) is 9.79 Å². The number of rotatable bonds is 5. The third-order valence-corrected chi connectivity index (χ3v) is 5.85. The van der Waals surface area contributed by atoms with Gasteiger partial charge in [-0.25, -0.2) is 8.42 Å². The van der Waals surface area contributed by atoms with Gasteiger partial charge < -0.3 is 5.21 Å². The first kappa shape index (κ1) is 18.2. The molecule has 0 amide bonds. The molecule has 0 saturated heterocycles. The highest BCUT2D eigenvalue weighted by Crippen LogP contribution is 2.34. The van der Waals surface area contributed by atoms with Gasteiger partial charge in [-0.3, -0.25) is 0 Å². The number of para-hydroxylation sites is 1. The van der Waals surface area contributed by atoms with Gasteiger partial charge in [0.1, 0.15) is 0 Å². The van der Waals surface area contributed by atoms with Gasteiger partial charge in [0, 0.05) is 22.8 Å². The summed E-state index contributed by atoms with van der Waals surface area (Å²) in [5, 5.41) is 12.6. The molecule has 0 aliphatic heterocycles. The van der Waals surface area contributed by atoms with Crippen molar-refractivity contribution in [1.82, 2.24) is 0 Å². The predicted octanol–water partition coefficient (Wildman–Crippen LogP) is 4.50. The van der Waals surface area contributed by atoms with Gasteiger partial charge in [-0.15, -0.1) is 0 Å². The highest BCUT2D eigenvalue weighted by molar-refractivity contribution is 7.99. The van der Waals surface area contributed by atoms with Gasteiger partial charge in [0.15, 0.2) is 16.1 Å². The Morgan fingerprint density at radius 2 is 1.50 bits per heavy atom. The molecule has 0 heterocycles. The summed E-state index contributed by atoms with van der Waals surface area (Å²) < 4.78 is 23.8. The molecule has 0 saturated carbocycles. The van der Waals surface area contributed by atoms with Crippen molar-refractivity contribution in [3.05, 3.63) is 89.6 Å². The Morgan fingerprint density at radius 3 is 2.15 bits per heavy atom. The van der Waals surface area contributed by atoms with Crippen LogP contribution >= 0.6 is 11.8 Å². The van der Waals surface area contributed by atoms with E-state index in [0.717, 1.165) is 20.8 Å². The van der Waals surface area contributed by atoms with Crippen molar-refractivity contribution in [1.29, 1.82) is 0 Å². The van der Waals surface area contributed by atoms with Gasteiger partial charge in [0.2, 0.25) is 5.69 Å². The minimum absolute atomic E-state index is 0.229. The molecule has 0 fully saturated rings. The van der Waals surface area contributed by atoms with Crippen molar-refractivity contribution in [3.8, 4) is 0 Å². The lowest BCUT2D eigenvalue weighted by atomic mass is 10.2. The smallest absolute Gasteiger partial charge is 0.230 e. The fraction of sp³-hybridized carbons (Fsp3) is 0.0500. The molecule has 0 aliphatic rings. The van der Waals surface area contributed by atoms with E-state index >= 15 is 0 Å². The van der Waals surface area contributed by atoms with E-state index in [4.69, 9.17) is 0 Å². The third kappa shape index (κ3) is 4.53. The number of benzene rings is 3. The van der Waals surface area contributed by atoms with Crippen LogP contribution in [-0.4, -0.2) is 25.6 Å². The fourth-order valence-electron chi connectivity index (χ4n) is 2.35. The standard InChI is InChI=1S/C20H17NO3S2/c1-26(23,24)18-13-11-16(12-14-18)15-21(22)19-9-5-6-10-20(19)25-17-7-3-2-4-8-17/h2-15H,1H3. The Kier molecular flexibility index (Phi) is 5.44. The Morgan fingerprint density at radius 1 is 0.885 bits per heavy atom. The van der Waals surface area contributed by atoms with Crippen molar-refractivity contribution < 1.29 is 13.2 Å². The largest absolute Gasteiger partial charge is 0.618 e. The van der Waals surface area contributed by atoms with Gasteiger partial charge in [-0.05, 0) is 42.5 Å². The summed E-state index contributed by atoms with van der Waals surface area (Å²) in [6.45, 7) is 0. The molecule has 3 aromatic carbocycles. The van der Waals surface area contributed by atoms with E-state index in [1.165, 1.54) is 30.1 Å². The maximum Gasteiger partial charge on any atom is 0.230 e. The molecule has 0 N–H and O–H groups in total. The first-order valence-electron chi connectivity index (χ1n) is 7.87. The predicted molar refractivity (Wildman–Crippen MR) is 105 cm³/mol. The second-order valence-corrected chi connectivity index (χ2v) is 8.81. The Labute approximate surface area is 157 Å². The minimum atomic E-state index is -3.25. The van der Waals surface area contributed by atoms with Crippen LogP contribution in [0.2, 0.25) is 0 Å². The molecule has 0 spiro atoms. The third-order valence-electron chi connectivity index (χ3n) is 3.65. The first-order valence-corrected chi connectivity index (χ1v) is 10.6. The van der Waals surface area contributed by atoms with E-state index in [-0.39, 0.29) is 4.90 Å². The van der Waals surface area contributed by atoms with Crippen molar-refractivity contribution in [3.63, 3.8) is 0 Å². The van der Waals surface area contributed by atoms with Crippen LogP contribution in [0.15, 0.2) is 93.5 Å². The zero-order valence-electron chi connectivity index (χ0n) is 14.1. The lowest BCUT2D eigenvalue weighted by Gasteiger charge is -2.08. The summed E-state index contributed by atoms with van der Waals surface area (Å²) in [6, 6.07) is 23.4. The molecule has 3 rings (SSSR count). The quantitative estimate of drug-likeness (QED) is 0.282. The lowest BCUT2D eigenvalue weighted by Crippen LogP contribution is -2.01. The molecule has 0 aromatic heterocycles. The molecular weight excluding hydrogens is 366 g/mol. The van der Waals surface area contributed by atoms with E-state index in [2.05, 4.69) is 0 Å². The van der Waals surface area contributed by atoms with E-state index in [1.54, 1.807) is 18.2 Å². The molecule has 0 unspecified atom stereocenters. The normalized spacial score (nSPS) is 12.1. The molecule has 26 heavy (non-hydrogen) atoms. The van der Waals surface area contributed by atoms with E-state index in [9.17, 15) is 13.6 Å². The minimum Gasteiger partial charge on any atom is -0.618 e. The zero-order chi connectivity index (χ0) is 18.6. The molecular formula is C20H17NO3S2. The van der Waals surface area contributed by atoms with Crippen LogP contribution in [-0.2, 0) is 9.84 Å². The molecule has 132 valence electrons. The number of hydrogen-bond donors (Lipinski definition) is 0. The van der Waals surface area contributed by atoms with E-state index < -0.39 is 9.84 Å². The zero-order valence-corrected chi connectivity index (χ0v) is 15.7. The lowest BCUT2D eigenvalue weighted by molar-refractivity contribution is -0.357. The Balaban J connectivity index is 1.90. The number of nitrogens with zero attached hydrogens (tertiary/aromatic N) is 1. The van der Waals surface area contributed by atoms with Gasteiger partial charge in [-0.1, -0.05) is 42.1 Å². The maximum absolute atomic E-state index is 12.6. The summed E-state index contributed by atoms with van der Waals surface area (Å²) in [5.41, 5.74) is 1.17. The SMILES string of the molecule is CS(=O)(=O)c1ccc(C=[N+]([O-])c2ccccc2Sc2ccccc2)cc1. The molecule has 6 heteroatoms. The molecule has 0 bridgehead atoms. The first-order chi connectivity index (χ1) is 12.4. The fourth-order valence-corrected chi connectivity index (χ4v) is 3.93. The second kappa shape index (κ2) is 7.76. The number of hydrogen-bond acceptors (Lipinski definition) is 4. The van der Waals surface area contributed by atoms with E-state index in [1.807, 2.05) is 48.5 Å². The van der Waals surface area contributed by atoms with Gasteiger partial charge in [0.25, 0.3) is 0 Å². The Bertz CT molecular complexity index is 1030. The van der Waals surface area contributed by atoms with Crippen LogP contribution < -0.4 is 0 Å². The monoisotopic (exact) mass is 383 g/mol. The summed E-state index contributed by atoms with van der Waals surface area (Å²) in [5.74, 6) is 0.